The maximum Gasteiger partial charge on any atom is 0.224 e. The SMILES string of the molecule is Cc1cc(F)c([C@@H]2CNC(=O)[C@H]2CC(=O)Cc2ccc(Oc3ccccc3)cc2)c(F)c1. The molecule has 32 heavy (non-hydrogen) atoms. The first-order chi connectivity index (χ1) is 15.4. The maximum atomic E-state index is 14.5. The fourth-order valence-corrected chi connectivity index (χ4v) is 4.12. The quantitative estimate of drug-likeness (QED) is 0.562. The number of nitrogens with one attached hydrogen (secondary N) is 1. The van der Waals surface area contributed by atoms with Gasteiger partial charge in [0.1, 0.15) is 28.9 Å². The number of hydrogen-bond acceptors (Lipinski definition) is 3. The molecule has 2 atom stereocenters. The van der Waals surface area contributed by atoms with Crippen molar-refractivity contribution in [1.29, 1.82) is 0 Å². The van der Waals surface area contributed by atoms with Gasteiger partial charge in [0.2, 0.25) is 5.91 Å². The third-order valence-corrected chi connectivity index (χ3v) is 5.66. The average Bonchev–Trinajstić information content (AvgIpc) is 3.09. The first-order valence-electron chi connectivity index (χ1n) is 10.5. The predicted molar refractivity (Wildman–Crippen MR) is 117 cm³/mol. The number of carbonyl (C=O) groups excluding carboxylic acids is 2. The second kappa shape index (κ2) is 9.30. The Bertz CT molecular complexity index is 1110. The fourth-order valence-electron chi connectivity index (χ4n) is 4.12. The molecule has 0 radical (unpaired) electrons. The smallest absolute Gasteiger partial charge is 0.224 e. The van der Waals surface area contributed by atoms with Crippen molar-refractivity contribution in [3.05, 3.63) is 95.1 Å². The average molecular weight is 435 g/mol. The van der Waals surface area contributed by atoms with Crippen LogP contribution >= 0.6 is 0 Å². The van der Waals surface area contributed by atoms with Crippen LogP contribution in [0.15, 0.2) is 66.7 Å². The molecule has 4 nitrogen and oxygen atoms in total. The lowest BCUT2D eigenvalue weighted by Crippen LogP contribution is -2.23. The molecule has 6 heteroatoms. The highest BCUT2D eigenvalue weighted by atomic mass is 19.1. The summed E-state index contributed by atoms with van der Waals surface area (Å²) in [5.41, 5.74) is 1.11. The van der Waals surface area contributed by atoms with Gasteiger partial charge >= 0.3 is 0 Å². The molecular formula is C26H23F2NO3. The van der Waals surface area contributed by atoms with Crippen LogP contribution in [0.2, 0.25) is 0 Å². The molecule has 1 aliphatic rings. The number of ether oxygens (including phenoxy) is 1. The summed E-state index contributed by atoms with van der Waals surface area (Å²) in [6, 6.07) is 19.0. The Labute approximate surface area is 185 Å². The van der Waals surface area contributed by atoms with Crippen molar-refractivity contribution >= 4 is 11.7 Å². The lowest BCUT2D eigenvalue weighted by molar-refractivity contribution is -0.127. The zero-order chi connectivity index (χ0) is 22.7. The summed E-state index contributed by atoms with van der Waals surface area (Å²) >= 11 is 0. The maximum absolute atomic E-state index is 14.5. The topological polar surface area (TPSA) is 55.4 Å². The lowest BCUT2D eigenvalue weighted by atomic mass is 9.83. The van der Waals surface area contributed by atoms with Gasteiger partial charge in [-0.2, -0.15) is 0 Å². The summed E-state index contributed by atoms with van der Waals surface area (Å²) in [4.78, 5) is 25.0. The Balaban J connectivity index is 1.42. The van der Waals surface area contributed by atoms with Crippen molar-refractivity contribution in [3.63, 3.8) is 0 Å². The molecule has 0 bridgehead atoms. The Hall–Kier alpha value is -3.54. The summed E-state index contributed by atoms with van der Waals surface area (Å²) in [6.07, 6.45) is 0.0481. The minimum absolute atomic E-state index is 0.0779. The van der Waals surface area contributed by atoms with Crippen molar-refractivity contribution in [3.8, 4) is 11.5 Å². The largest absolute Gasteiger partial charge is 0.457 e. The highest BCUT2D eigenvalue weighted by molar-refractivity contribution is 5.90. The van der Waals surface area contributed by atoms with Crippen LogP contribution in [-0.4, -0.2) is 18.2 Å². The summed E-state index contributed by atoms with van der Waals surface area (Å²) in [5, 5.41) is 2.65. The second-order valence-corrected chi connectivity index (χ2v) is 8.08. The number of para-hydroxylation sites is 1. The van der Waals surface area contributed by atoms with Crippen molar-refractivity contribution in [2.75, 3.05) is 6.54 Å². The number of carbonyl (C=O) groups is 2. The molecule has 164 valence electrons. The molecule has 1 N–H and O–H groups in total. The lowest BCUT2D eigenvalue weighted by Gasteiger charge is -2.18. The van der Waals surface area contributed by atoms with E-state index >= 15 is 0 Å². The minimum Gasteiger partial charge on any atom is -0.457 e. The van der Waals surface area contributed by atoms with E-state index in [0.29, 0.717) is 17.1 Å². The van der Waals surface area contributed by atoms with E-state index in [1.807, 2.05) is 30.3 Å². The Morgan fingerprint density at radius 1 is 1.00 bits per heavy atom. The molecule has 1 aliphatic heterocycles. The van der Waals surface area contributed by atoms with E-state index in [1.165, 1.54) is 12.1 Å². The molecule has 1 amide bonds. The van der Waals surface area contributed by atoms with Gasteiger partial charge in [-0.05, 0) is 54.4 Å². The van der Waals surface area contributed by atoms with Gasteiger partial charge in [-0.3, -0.25) is 9.59 Å². The van der Waals surface area contributed by atoms with Gasteiger partial charge in [-0.1, -0.05) is 30.3 Å². The van der Waals surface area contributed by atoms with Crippen LogP contribution in [0.25, 0.3) is 0 Å². The Kier molecular flexibility index (Phi) is 6.30. The van der Waals surface area contributed by atoms with E-state index < -0.39 is 23.5 Å². The van der Waals surface area contributed by atoms with E-state index in [-0.39, 0.29) is 36.6 Å². The van der Waals surface area contributed by atoms with E-state index in [2.05, 4.69) is 5.32 Å². The third-order valence-electron chi connectivity index (χ3n) is 5.66. The van der Waals surface area contributed by atoms with Crippen LogP contribution in [0.3, 0.4) is 0 Å². The van der Waals surface area contributed by atoms with E-state index in [9.17, 15) is 18.4 Å². The van der Waals surface area contributed by atoms with Gasteiger partial charge in [-0.15, -0.1) is 0 Å². The zero-order valence-corrected chi connectivity index (χ0v) is 17.6. The Morgan fingerprint density at radius 2 is 1.62 bits per heavy atom. The first-order valence-corrected chi connectivity index (χ1v) is 10.5. The number of rotatable bonds is 7. The van der Waals surface area contributed by atoms with Crippen LogP contribution in [-0.2, 0) is 16.0 Å². The molecule has 3 aromatic rings. The van der Waals surface area contributed by atoms with Crippen LogP contribution < -0.4 is 10.1 Å². The van der Waals surface area contributed by atoms with Crippen molar-refractivity contribution in [2.24, 2.45) is 5.92 Å². The summed E-state index contributed by atoms with van der Waals surface area (Å²) < 4.78 is 34.7. The number of halogens is 2. The molecule has 0 aromatic heterocycles. The van der Waals surface area contributed by atoms with Crippen molar-refractivity contribution in [1.82, 2.24) is 5.32 Å². The second-order valence-electron chi connectivity index (χ2n) is 8.08. The van der Waals surface area contributed by atoms with Gasteiger partial charge in [-0.25, -0.2) is 8.78 Å². The van der Waals surface area contributed by atoms with Crippen LogP contribution in [0.5, 0.6) is 11.5 Å². The number of benzene rings is 3. The standard InChI is InChI=1S/C26H23F2NO3/c1-16-11-23(27)25(24(28)12-16)22-15-29-26(31)21(22)14-18(30)13-17-7-9-20(10-8-17)32-19-5-3-2-4-6-19/h2-12,21-22H,13-15H2,1H3,(H,29,31)/t21-,22+/m0/s1. The zero-order valence-electron chi connectivity index (χ0n) is 17.6. The van der Waals surface area contributed by atoms with Gasteiger partial charge in [0.05, 0.1) is 5.92 Å². The van der Waals surface area contributed by atoms with Crippen LogP contribution in [0, 0.1) is 24.5 Å². The number of ketones is 1. The minimum atomic E-state index is -0.796. The highest BCUT2D eigenvalue weighted by Gasteiger charge is 2.39. The molecule has 0 spiro atoms. The van der Waals surface area contributed by atoms with Crippen LogP contribution in [0.1, 0.15) is 29.0 Å². The normalized spacial score (nSPS) is 17.8. The first kappa shape index (κ1) is 21.7. The number of Topliss-reactive ketones (excluding diaryl/α,β-unsaturated/α-hetero) is 1. The predicted octanol–water partition coefficient (Wildman–Crippen LogP) is 5.10. The molecule has 0 saturated carbocycles. The van der Waals surface area contributed by atoms with Crippen molar-refractivity contribution < 1.29 is 23.1 Å². The van der Waals surface area contributed by atoms with E-state index in [4.69, 9.17) is 4.74 Å². The summed E-state index contributed by atoms with van der Waals surface area (Å²) in [7, 11) is 0. The van der Waals surface area contributed by atoms with E-state index in [0.717, 1.165) is 5.56 Å². The number of amides is 1. The Morgan fingerprint density at radius 3 is 2.28 bits per heavy atom. The van der Waals surface area contributed by atoms with Gasteiger partial charge in [0, 0.05) is 30.9 Å². The van der Waals surface area contributed by atoms with Gasteiger partial charge in [0.25, 0.3) is 0 Å². The molecule has 0 aliphatic carbocycles. The number of hydrogen-bond donors (Lipinski definition) is 1. The molecular weight excluding hydrogens is 412 g/mol. The fraction of sp³-hybridized carbons (Fsp3) is 0.231. The summed E-state index contributed by atoms with van der Waals surface area (Å²) in [5.74, 6) is -2.04. The highest BCUT2D eigenvalue weighted by Crippen LogP contribution is 2.35. The molecule has 3 aromatic carbocycles. The van der Waals surface area contributed by atoms with Gasteiger partial charge in [0.15, 0.2) is 0 Å². The van der Waals surface area contributed by atoms with E-state index in [1.54, 1.807) is 31.2 Å². The van der Waals surface area contributed by atoms with Crippen LogP contribution in [0.4, 0.5) is 8.78 Å². The molecule has 0 unspecified atom stereocenters. The van der Waals surface area contributed by atoms with Crippen molar-refractivity contribution in [2.45, 2.75) is 25.7 Å². The van der Waals surface area contributed by atoms with Gasteiger partial charge < -0.3 is 10.1 Å². The molecule has 1 saturated heterocycles. The molecule has 1 heterocycles. The summed E-state index contributed by atoms with van der Waals surface area (Å²) in [6.45, 7) is 1.71. The molecule has 4 rings (SSSR count). The number of aryl methyl sites for hydroxylation is 1. The monoisotopic (exact) mass is 435 g/mol. The third kappa shape index (κ3) is 4.85. The molecule has 1 fully saturated rings.